The van der Waals surface area contributed by atoms with Crippen molar-refractivity contribution >= 4 is 57.7 Å². The number of carboxylic acid groups (broad SMARTS) is 1. The van der Waals surface area contributed by atoms with E-state index in [1.165, 1.54) is 9.30 Å². The smallest absolute Gasteiger partial charge is 0.303 e. The van der Waals surface area contributed by atoms with Crippen LogP contribution in [0.15, 0.2) is 34.1 Å². The van der Waals surface area contributed by atoms with Crippen molar-refractivity contribution in [2.24, 2.45) is 0 Å². The molecule has 0 spiro atoms. The number of nitrogens with zero attached hydrogens (tertiary/aromatic N) is 4. The number of morpholine rings is 1. The summed E-state index contributed by atoms with van der Waals surface area (Å²) in [6.07, 6.45) is 3.44. The number of thioether (sulfide) groups is 1. The largest absolute Gasteiger partial charge is 0.481 e. The summed E-state index contributed by atoms with van der Waals surface area (Å²) in [5.41, 5.74) is 0.562. The van der Waals surface area contributed by atoms with E-state index in [2.05, 4.69) is 0 Å². The summed E-state index contributed by atoms with van der Waals surface area (Å²) in [6.45, 7) is 2.46. The van der Waals surface area contributed by atoms with E-state index in [1.807, 2.05) is 11.0 Å². The summed E-state index contributed by atoms with van der Waals surface area (Å²) >= 11 is 6.42. The molecular formula is C20H20N4O5S2. The monoisotopic (exact) mass is 460 g/mol. The molecule has 4 rings (SSSR count). The van der Waals surface area contributed by atoms with Gasteiger partial charge in [-0.15, -0.1) is 0 Å². The highest BCUT2D eigenvalue weighted by Gasteiger charge is 2.32. The molecule has 1 N–H and O–H groups in total. The molecule has 0 atom stereocenters. The number of ether oxygens (including phenoxy) is 1. The number of rotatable bonds is 6. The van der Waals surface area contributed by atoms with E-state index in [-0.39, 0.29) is 24.4 Å². The van der Waals surface area contributed by atoms with Crippen LogP contribution in [0.1, 0.15) is 18.4 Å². The molecule has 2 saturated heterocycles. The molecule has 9 nitrogen and oxygen atoms in total. The fourth-order valence-electron chi connectivity index (χ4n) is 3.45. The van der Waals surface area contributed by atoms with E-state index in [0.29, 0.717) is 59.0 Å². The van der Waals surface area contributed by atoms with Crippen LogP contribution in [0.2, 0.25) is 0 Å². The van der Waals surface area contributed by atoms with Gasteiger partial charge < -0.3 is 14.7 Å². The number of pyridine rings is 1. The van der Waals surface area contributed by atoms with Gasteiger partial charge in [-0.25, -0.2) is 4.98 Å². The van der Waals surface area contributed by atoms with E-state index in [0.717, 1.165) is 11.8 Å². The molecule has 2 aromatic heterocycles. The Balaban J connectivity index is 1.73. The average molecular weight is 461 g/mol. The number of carbonyl (C=O) groups is 2. The maximum absolute atomic E-state index is 13.3. The van der Waals surface area contributed by atoms with Crippen molar-refractivity contribution in [3.8, 4) is 0 Å². The van der Waals surface area contributed by atoms with Crippen LogP contribution in [0.4, 0.5) is 5.82 Å². The highest BCUT2D eigenvalue weighted by molar-refractivity contribution is 8.26. The average Bonchev–Trinajstić information content (AvgIpc) is 3.03. The molecule has 11 heteroatoms. The number of amides is 1. The van der Waals surface area contributed by atoms with Gasteiger partial charge in [-0.1, -0.05) is 30.0 Å². The molecule has 0 radical (unpaired) electrons. The number of anilines is 1. The summed E-state index contributed by atoms with van der Waals surface area (Å²) in [7, 11) is 0. The Labute approximate surface area is 187 Å². The van der Waals surface area contributed by atoms with Crippen LogP contribution in [0, 0.1) is 0 Å². The molecule has 0 saturated carbocycles. The molecule has 0 bridgehead atoms. The second kappa shape index (κ2) is 9.16. The molecule has 0 aliphatic carbocycles. The SMILES string of the molecule is O=C(O)CCCN1C(=O)/C(=C/c2c(N3CCOCC3)nc3ccccn3c2=O)SC1=S. The van der Waals surface area contributed by atoms with Crippen LogP contribution in [-0.4, -0.2) is 68.4 Å². The molecule has 1 amide bonds. The molecule has 2 aliphatic rings. The molecule has 4 heterocycles. The van der Waals surface area contributed by atoms with Gasteiger partial charge in [0.25, 0.3) is 11.5 Å². The fourth-order valence-corrected chi connectivity index (χ4v) is 4.74. The first kappa shape index (κ1) is 21.5. The number of hydrogen-bond donors (Lipinski definition) is 1. The van der Waals surface area contributed by atoms with Crippen molar-refractivity contribution in [2.45, 2.75) is 12.8 Å². The first-order valence-electron chi connectivity index (χ1n) is 9.77. The van der Waals surface area contributed by atoms with Crippen molar-refractivity contribution in [1.82, 2.24) is 14.3 Å². The van der Waals surface area contributed by atoms with Gasteiger partial charge >= 0.3 is 5.97 Å². The number of hydrogen-bond acceptors (Lipinski definition) is 8. The predicted octanol–water partition coefficient (Wildman–Crippen LogP) is 1.60. The van der Waals surface area contributed by atoms with E-state index < -0.39 is 5.97 Å². The molecule has 31 heavy (non-hydrogen) atoms. The van der Waals surface area contributed by atoms with E-state index in [1.54, 1.807) is 24.4 Å². The minimum absolute atomic E-state index is 0.0484. The van der Waals surface area contributed by atoms with Gasteiger partial charge in [0.1, 0.15) is 15.8 Å². The van der Waals surface area contributed by atoms with E-state index in [4.69, 9.17) is 27.0 Å². The summed E-state index contributed by atoms with van der Waals surface area (Å²) < 4.78 is 7.22. The van der Waals surface area contributed by atoms with E-state index in [9.17, 15) is 14.4 Å². The van der Waals surface area contributed by atoms with Crippen molar-refractivity contribution in [3.63, 3.8) is 0 Å². The Morgan fingerprint density at radius 1 is 1.29 bits per heavy atom. The standard InChI is InChI=1S/C20H20N4O5S2/c25-16(26)5-3-7-24-19(28)14(31-20(24)30)12-13-17(22-8-10-29-11-9-22)21-15-4-1-2-6-23(15)18(13)27/h1-2,4,6,12H,3,5,7-11H2,(H,25,26)/b14-12-. The number of carbonyl (C=O) groups excluding carboxylic acids is 1. The van der Waals surface area contributed by atoms with Crippen LogP contribution < -0.4 is 10.5 Å². The van der Waals surface area contributed by atoms with Gasteiger partial charge in [0.05, 0.1) is 23.7 Å². The third-order valence-electron chi connectivity index (χ3n) is 4.98. The fraction of sp³-hybridized carbons (Fsp3) is 0.350. The molecule has 162 valence electrons. The number of fused-ring (bicyclic) bond motifs is 1. The van der Waals surface area contributed by atoms with Crippen molar-refractivity contribution in [3.05, 3.63) is 45.2 Å². The topological polar surface area (TPSA) is 104 Å². The van der Waals surface area contributed by atoms with Crippen LogP contribution in [0.25, 0.3) is 11.7 Å². The summed E-state index contributed by atoms with van der Waals surface area (Å²) in [6, 6.07) is 5.32. The lowest BCUT2D eigenvalue weighted by molar-refractivity contribution is -0.137. The Morgan fingerprint density at radius 2 is 2.06 bits per heavy atom. The van der Waals surface area contributed by atoms with Gasteiger partial charge in [-0.3, -0.25) is 23.7 Å². The Bertz CT molecular complexity index is 1140. The molecule has 0 aromatic carbocycles. The van der Waals surface area contributed by atoms with Gasteiger partial charge in [-0.2, -0.15) is 0 Å². The zero-order valence-corrected chi connectivity index (χ0v) is 18.2. The second-order valence-electron chi connectivity index (χ2n) is 7.01. The lowest BCUT2D eigenvalue weighted by atomic mass is 10.2. The first-order chi connectivity index (χ1) is 15.0. The maximum atomic E-state index is 13.3. The van der Waals surface area contributed by atoms with Crippen LogP contribution in [0.3, 0.4) is 0 Å². The third-order valence-corrected chi connectivity index (χ3v) is 6.36. The number of thiocarbonyl (C=S) groups is 1. The number of aliphatic carboxylic acids is 1. The van der Waals surface area contributed by atoms with Gasteiger partial charge in [0.2, 0.25) is 0 Å². The normalized spacial score (nSPS) is 18.4. The van der Waals surface area contributed by atoms with Gasteiger partial charge in [0.15, 0.2) is 0 Å². The lowest BCUT2D eigenvalue weighted by Crippen LogP contribution is -2.38. The maximum Gasteiger partial charge on any atom is 0.303 e. The predicted molar refractivity (Wildman–Crippen MR) is 121 cm³/mol. The Hall–Kier alpha value is -2.76. The third kappa shape index (κ3) is 4.48. The second-order valence-corrected chi connectivity index (χ2v) is 8.69. The highest BCUT2D eigenvalue weighted by atomic mass is 32.2. The minimum atomic E-state index is -0.925. The van der Waals surface area contributed by atoms with Crippen LogP contribution in [-0.2, 0) is 14.3 Å². The molecule has 2 aromatic rings. The zero-order chi connectivity index (χ0) is 22.0. The lowest BCUT2D eigenvalue weighted by Gasteiger charge is -2.29. The summed E-state index contributed by atoms with van der Waals surface area (Å²) in [5.74, 6) is -0.743. The highest BCUT2D eigenvalue weighted by Crippen LogP contribution is 2.33. The summed E-state index contributed by atoms with van der Waals surface area (Å²) in [5, 5.41) is 8.83. The van der Waals surface area contributed by atoms with Crippen molar-refractivity contribution in [1.29, 1.82) is 0 Å². The quantitative estimate of drug-likeness (QED) is 0.508. The van der Waals surface area contributed by atoms with Gasteiger partial charge in [0, 0.05) is 32.3 Å². The zero-order valence-electron chi connectivity index (χ0n) is 16.5. The molecular weight excluding hydrogens is 440 g/mol. The van der Waals surface area contributed by atoms with Gasteiger partial charge in [-0.05, 0) is 24.6 Å². The minimum Gasteiger partial charge on any atom is -0.481 e. The van der Waals surface area contributed by atoms with Crippen molar-refractivity contribution < 1.29 is 19.4 Å². The first-order valence-corrected chi connectivity index (χ1v) is 11.0. The Morgan fingerprint density at radius 3 is 2.81 bits per heavy atom. The molecule has 2 aliphatic heterocycles. The number of aromatic nitrogens is 2. The summed E-state index contributed by atoms with van der Waals surface area (Å²) in [4.78, 5) is 45.3. The Kier molecular flexibility index (Phi) is 6.35. The van der Waals surface area contributed by atoms with Crippen molar-refractivity contribution in [2.75, 3.05) is 37.7 Å². The number of carboxylic acids is 1. The molecule has 2 fully saturated rings. The molecule has 0 unspecified atom stereocenters. The van der Waals surface area contributed by atoms with E-state index >= 15 is 0 Å². The van der Waals surface area contributed by atoms with Crippen LogP contribution >= 0.6 is 24.0 Å². The van der Waals surface area contributed by atoms with Crippen LogP contribution in [0.5, 0.6) is 0 Å².